The molecule has 0 amide bonds. The molecule has 2 fully saturated rings. The van der Waals surface area contributed by atoms with E-state index in [0.29, 0.717) is 11.5 Å². The molecule has 2 rings (SSSR count). The van der Waals surface area contributed by atoms with Gasteiger partial charge >= 0.3 is 0 Å². The van der Waals surface area contributed by atoms with E-state index in [1.165, 1.54) is 38.1 Å². The molecule has 0 aromatic rings. The predicted molar refractivity (Wildman–Crippen MR) is 83.9 cm³/mol. The van der Waals surface area contributed by atoms with Crippen molar-refractivity contribution in [1.82, 2.24) is 4.98 Å². The van der Waals surface area contributed by atoms with E-state index in [0.717, 1.165) is 12.1 Å². The van der Waals surface area contributed by atoms with Crippen LogP contribution in [0.5, 0.6) is 0 Å². The van der Waals surface area contributed by atoms with Crippen molar-refractivity contribution in [3.05, 3.63) is 0 Å². The van der Waals surface area contributed by atoms with E-state index in [9.17, 15) is 0 Å². The second-order valence-electron chi connectivity index (χ2n) is 7.62. The maximum Gasteiger partial charge on any atom is 0.168 e. The van der Waals surface area contributed by atoms with Crippen LogP contribution in [-0.2, 0) is 4.43 Å². The molecular weight excluding hydrogens is 254 g/mol. The van der Waals surface area contributed by atoms with E-state index in [2.05, 4.69) is 32.7 Å². The Balaban J connectivity index is 2.16. The summed E-state index contributed by atoms with van der Waals surface area (Å²) in [5.41, 5.74) is 1.43. The summed E-state index contributed by atoms with van der Waals surface area (Å²) in [6.45, 7) is 10.5. The van der Waals surface area contributed by atoms with Crippen molar-refractivity contribution in [3.63, 3.8) is 0 Å². The lowest BCUT2D eigenvalue weighted by Gasteiger charge is -2.49. The summed E-state index contributed by atoms with van der Waals surface area (Å²) in [7, 11) is -1.63. The quantitative estimate of drug-likeness (QED) is 0.805. The number of hydrogen-bond donors (Lipinski definition) is 1. The molecule has 106 valence electrons. The van der Waals surface area contributed by atoms with E-state index in [4.69, 9.17) is 4.43 Å². The molecule has 1 heterocycles. The molecule has 1 atom stereocenters. The number of hydrogen-bond acceptors (Lipinski definition) is 2. The first-order valence-corrected chi connectivity index (χ1v) is 13.0. The molecule has 0 bridgehead atoms. The Bertz CT molecular complexity index is 277. The van der Waals surface area contributed by atoms with Gasteiger partial charge in [0.05, 0.1) is 0 Å². The van der Waals surface area contributed by atoms with Crippen molar-refractivity contribution in [1.29, 1.82) is 0 Å². The van der Waals surface area contributed by atoms with Gasteiger partial charge in [0.1, 0.15) is 7.75 Å². The molecule has 1 saturated heterocycles. The van der Waals surface area contributed by atoms with E-state index in [1.807, 2.05) is 0 Å². The van der Waals surface area contributed by atoms with Crippen LogP contribution in [-0.4, -0.2) is 29.7 Å². The van der Waals surface area contributed by atoms with Crippen molar-refractivity contribution in [2.75, 3.05) is 6.61 Å². The molecule has 4 heteroatoms. The fraction of sp³-hybridized carbons (Fsp3) is 1.00. The zero-order chi connectivity index (χ0) is 13.2. The van der Waals surface area contributed by atoms with Gasteiger partial charge in [0.15, 0.2) is 9.28 Å². The summed E-state index contributed by atoms with van der Waals surface area (Å²) >= 11 is 0. The summed E-state index contributed by atoms with van der Waals surface area (Å²) in [6, 6.07) is 2.11. The average Bonchev–Trinajstić information content (AvgIpc) is 2.28. The van der Waals surface area contributed by atoms with Gasteiger partial charge in [-0.25, -0.2) is 0 Å². The van der Waals surface area contributed by atoms with Gasteiger partial charge < -0.3 is 9.41 Å². The molecule has 0 aromatic carbocycles. The van der Waals surface area contributed by atoms with Crippen LogP contribution in [0, 0.1) is 5.41 Å². The van der Waals surface area contributed by atoms with Crippen molar-refractivity contribution in [3.8, 4) is 0 Å². The molecule has 1 N–H and O–H groups in total. The van der Waals surface area contributed by atoms with Gasteiger partial charge in [-0.1, -0.05) is 59.8 Å². The third-order valence-electron chi connectivity index (χ3n) is 4.61. The lowest BCUT2D eigenvalue weighted by atomic mass is 9.98. The lowest BCUT2D eigenvalue weighted by Crippen LogP contribution is -2.67. The number of rotatable bonds is 3. The van der Waals surface area contributed by atoms with E-state index in [-0.39, 0.29) is 9.28 Å². The van der Waals surface area contributed by atoms with Crippen LogP contribution >= 0.6 is 0 Å². The highest BCUT2D eigenvalue weighted by Crippen LogP contribution is 2.43. The van der Waals surface area contributed by atoms with Crippen LogP contribution in [0.2, 0.25) is 11.6 Å². The van der Waals surface area contributed by atoms with Crippen molar-refractivity contribution in [2.45, 2.75) is 77.4 Å². The van der Waals surface area contributed by atoms with Gasteiger partial charge in [-0.2, -0.15) is 0 Å². The van der Waals surface area contributed by atoms with Crippen LogP contribution in [0.3, 0.4) is 0 Å². The summed E-state index contributed by atoms with van der Waals surface area (Å²) in [4.78, 5) is 4.10. The Morgan fingerprint density at radius 2 is 1.89 bits per heavy atom. The molecule has 2 aliphatic rings. The third-order valence-corrected chi connectivity index (χ3v) is 15.7. The van der Waals surface area contributed by atoms with Crippen molar-refractivity contribution < 1.29 is 4.43 Å². The molecule has 1 saturated carbocycles. The molecule has 2 nitrogen and oxygen atoms in total. The zero-order valence-electron chi connectivity index (χ0n) is 12.7. The Morgan fingerprint density at radius 1 is 1.22 bits per heavy atom. The fourth-order valence-corrected chi connectivity index (χ4v) is 17.9. The minimum Gasteiger partial charge on any atom is -0.425 e. The van der Waals surface area contributed by atoms with E-state index < -0.39 is 7.75 Å². The highest BCUT2D eigenvalue weighted by atomic mass is 29.2. The Hall–Kier alpha value is 0.354. The van der Waals surface area contributed by atoms with Gasteiger partial charge in [-0.3, -0.25) is 0 Å². The van der Waals surface area contributed by atoms with Crippen LogP contribution in [0.1, 0.15) is 59.8 Å². The highest BCUT2D eigenvalue weighted by molar-refractivity contribution is 7.22. The standard InChI is InChI=1S/C14H31NOSi2/c1-12(2)15-18(13-8-6-5-7-9-13)11-14(3,4)10-16-17-18/h12-13,15H,5-11,17H2,1-4H3. The largest absolute Gasteiger partial charge is 0.425 e. The first kappa shape index (κ1) is 14.8. The van der Waals surface area contributed by atoms with Gasteiger partial charge in [0.2, 0.25) is 0 Å². The maximum atomic E-state index is 6.19. The normalized spacial score (nSPS) is 35.2. The minimum atomic E-state index is -1.31. The number of nitrogens with one attached hydrogen (secondary N) is 1. The fourth-order valence-electron chi connectivity index (χ4n) is 4.17. The van der Waals surface area contributed by atoms with Crippen LogP contribution in [0.15, 0.2) is 0 Å². The molecule has 1 unspecified atom stereocenters. The molecule has 0 radical (unpaired) electrons. The third kappa shape index (κ3) is 3.47. The Labute approximate surface area is 116 Å². The van der Waals surface area contributed by atoms with Crippen LogP contribution < -0.4 is 4.98 Å². The van der Waals surface area contributed by atoms with Crippen molar-refractivity contribution >= 4 is 17.0 Å². The molecule has 18 heavy (non-hydrogen) atoms. The average molecular weight is 286 g/mol. The van der Waals surface area contributed by atoms with E-state index >= 15 is 0 Å². The monoisotopic (exact) mass is 285 g/mol. The van der Waals surface area contributed by atoms with Crippen LogP contribution in [0.4, 0.5) is 0 Å². The van der Waals surface area contributed by atoms with Crippen molar-refractivity contribution in [2.24, 2.45) is 5.41 Å². The van der Waals surface area contributed by atoms with Gasteiger partial charge in [-0.15, -0.1) is 0 Å². The highest BCUT2D eigenvalue weighted by Gasteiger charge is 2.49. The Kier molecular flexibility index (Phi) is 4.73. The van der Waals surface area contributed by atoms with Gasteiger partial charge in [0, 0.05) is 6.61 Å². The molecule has 1 aliphatic carbocycles. The first-order chi connectivity index (χ1) is 8.44. The molecule has 1 aliphatic heterocycles. The second-order valence-corrected chi connectivity index (χ2v) is 16.7. The lowest BCUT2D eigenvalue weighted by molar-refractivity contribution is 0.193. The summed E-state index contributed by atoms with van der Waals surface area (Å²) in [5.74, 6) is 0. The first-order valence-electron chi connectivity index (χ1n) is 7.79. The van der Waals surface area contributed by atoms with Gasteiger partial charge in [0.25, 0.3) is 0 Å². The Morgan fingerprint density at radius 3 is 2.44 bits per heavy atom. The summed E-state index contributed by atoms with van der Waals surface area (Å²) < 4.78 is 6.19. The smallest absolute Gasteiger partial charge is 0.168 e. The van der Waals surface area contributed by atoms with E-state index in [1.54, 1.807) is 0 Å². The topological polar surface area (TPSA) is 21.3 Å². The second kappa shape index (κ2) is 5.77. The molecule has 0 spiro atoms. The van der Waals surface area contributed by atoms with Crippen LogP contribution in [0.25, 0.3) is 0 Å². The summed E-state index contributed by atoms with van der Waals surface area (Å²) in [5, 5.41) is 0. The SMILES string of the molecule is CC(C)N[Si]1(C2CCCCC2)CC(C)(C)CO[SiH2]1. The summed E-state index contributed by atoms with van der Waals surface area (Å²) in [6.07, 6.45) is 7.37. The predicted octanol–water partition coefficient (Wildman–Crippen LogP) is 2.90. The molecular formula is C14H31NOSi2. The molecule has 0 aromatic heterocycles. The zero-order valence-corrected chi connectivity index (χ0v) is 15.1. The maximum absolute atomic E-state index is 6.19. The van der Waals surface area contributed by atoms with Gasteiger partial charge in [-0.05, 0) is 23.0 Å². The minimum absolute atomic E-state index is 0.313.